The van der Waals surface area contributed by atoms with Crippen molar-refractivity contribution in [1.29, 1.82) is 0 Å². The van der Waals surface area contributed by atoms with E-state index in [2.05, 4.69) is 34.7 Å². The molecule has 0 radical (unpaired) electrons. The van der Waals surface area contributed by atoms with E-state index < -0.39 is 0 Å². The van der Waals surface area contributed by atoms with Gasteiger partial charge in [0.05, 0.1) is 22.9 Å². The van der Waals surface area contributed by atoms with E-state index in [1.165, 1.54) is 0 Å². The first-order chi connectivity index (χ1) is 10.1. The van der Waals surface area contributed by atoms with Crippen molar-refractivity contribution in [2.75, 3.05) is 0 Å². The predicted molar refractivity (Wildman–Crippen MR) is 85.8 cm³/mol. The molecular formula is C16H28N4O2. The molecule has 0 bridgehead atoms. The average Bonchev–Trinajstić information content (AvgIpc) is 2.79. The second kappa shape index (κ2) is 5.91. The number of nitrogens with one attached hydrogen (secondary N) is 3. The molecule has 1 fully saturated rings. The molecule has 1 aromatic heterocycles. The van der Waals surface area contributed by atoms with Crippen LogP contribution in [-0.2, 0) is 11.2 Å². The number of hydrogen-bond donors (Lipinski definition) is 3. The molecule has 2 rings (SSSR count). The van der Waals surface area contributed by atoms with Crippen LogP contribution < -0.4 is 10.6 Å². The van der Waals surface area contributed by atoms with Gasteiger partial charge < -0.3 is 15.4 Å². The summed E-state index contributed by atoms with van der Waals surface area (Å²) in [6, 6.07) is 1.86. The molecule has 2 heterocycles. The molecule has 0 saturated carbocycles. The number of nitrogens with zero attached hydrogens (tertiary/aromatic N) is 1. The minimum Gasteiger partial charge on any atom is -0.367 e. The Morgan fingerprint density at radius 1 is 1.50 bits per heavy atom. The maximum Gasteiger partial charge on any atom is 0.315 e. The summed E-state index contributed by atoms with van der Waals surface area (Å²) in [5.74, 6) is 0. The number of urea groups is 1. The third-order valence-electron chi connectivity index (χ3n) is 4.03. The number of carbonyl (C=O) groups excluding carboxylic acids is 1. The van der Waals surface area contributed by atoms with E-state index in [4.69, 9.17) is 4.74 Å². The van der Waals surface area contributed by atoms with Gasteiger partial charge in [-0.3, -0.25) is 5.10 Å². The monoisotopic (exact) mass is 308 g/mol. The van der Waals surface area contributed by atoms with E-state index >= 15 is 0 Å². The molecule has 1 aromatic rings. The van der Waals surface area contributed by atoms with Crippen molar-refractivity contribution < 1.29 is 9.53 Å². The van der Waals surface area contributed by atoms with Crippen molar-refractivity contribution in [2.45, 2.75) is 77.7 Å². The van der Waals surface area contributed by atoms with Gasteiger partial charge >= 0.3 is 6.03 Å². The SMILES string of the molecule is Cc1cc(C[C@H](C)NC(=O)N[C@H]2CC(C)(C)OC2(C)C)n[nH]1. The first-order valence-electron chi connectivity index (χ1n) is 7.85. The molecule has 0 unspecified atom stereocenters. The molecule has 22 heavy (non-hydrogen) atoms. The van der Waals surface area contributed by atoms with E-state index in [1.807, 2.05) is 33.8 Å². The first-order valence-corrected chi connectivity index (χ1v) is 7.85. The number of aromatic amines is 1. The van der Waals surface area contributed by atoms with Gasteiger partial charge in [0.15, 0.2) is 0 Å². The van der Waals surface area contributed by atoms with Gasteiger partial charge in [-0.05, 0) is 54.0 Å². The summed E-state index contributed by atoms with van der Waals surface area (Å²) >= 11 is 0. The van der Waals surface area contributed by atoms with Gasteiger partial charge in [-0.15, -0.1) is 0 Å². The molecule has 0 aromatic carbocycles. The lowest BCUT2D eigenvalue weighted by Gasteiger charge is -2.28. The van der Waals surface area contributed by atoms with Crippen LogP contribution in [0.4, 0.5) is 4.79 Å². The summed E-state index contributed by atoms with van der Waals surface area (Å²) in [6.07, 6.45) is 1.51. The van der Waals surface area contributed by atoms with Crippen LogP contribution >= 0.6 is 0 Å². The maximum absolute atomic E-state index is 12.2. The predicted octanol–water partition coefficient (Wildman–Crippen LogP) is 2.29. The Morgan fingerprint density at radius 2 is 2.18 bits per heavy atom. The molecule has 1 aliphatic rings. The number of rotatable bonds is 4. The van der Waals surface area contributed by atoms with Crippen molar-refractivity contribution in [2.24, 2.45) is 0 Å². The van der Waals surface area contributed by atoms with E-state index in [9.17, 15) is 4.79 Å². The molecule has 0 spiro atoms. The lowest BCUT2D eigenvalue weighted by atomic mass is 9.94. The Labute approximate surface area is 132 Å². The fourth-order valence-corrected chi connectivity index (χ4v) is 3.15. The topological polar surface area (TPSA) is 79.0 Å². The third-order valence-corrected chi connectivity index (χ3v) is 4.03. The summed E-state index contributed by atoms with van der Waals surface area (Å²) in [7, 11) is 0. The minimum atomic E-state index is -0.358. The fraction of sp³-hybridized carbons (Fsp3) is 0.750. The Kier molecular flexibility index (Phi) is 4.52. The zero-order valence-corrected chi connectivity index (χ0v) is 14.4. The van der Waals surface area contributed by atoms with Crippen molar-refractivity contribution in [3.05, 3.63) is 17.5 Å². The third kappa shape index (κ3) is 4.22. The minimum absolute atomic E-state index is 0.00216. The number of hydrogen-bond acceptors (Lipinski definition) is 3. The Bertz CT molecular complexity index is 536. The number of aromatic nitrogens is 2. The molecule has 6 nitrogen and oxygen atoms in total. The average molecular weight is 308 g/mol. The number of aryl methyl sites for hydroxylation is 1. The van der Waals surface area contributed by atoms with E-state index in [0.717, 1.165) is 17.8 Å². The molecule has 2 atom stereocenters. The van der Waals surface area contributed by atoms with Crippen LogP contribution in [0.3, 0.4) is 0 Å². The Hall–Kier alpha value is -1.56. The summed E-state index contributed by atoms with van der Waals surface area (Å²) in [6.45, 7) is 12.1. The van der Waals surface area contributed by atoms with E-state index in [-0.39, 0.29) is 29.3 Å². The van der Waals surface area contributed by atoms with Gasteiger partial charge in [-0.1, -0.05) is 0 Å². The quantitative estimate of drug-likeness (QED) is 0.798. The van der Waals surface area contributed by atoms with Crippen LogP contribution in [0, 0.1) is 6.92 Å². The summed E-state index contributed by atoms with van der Waals surface area (Å²) in [5.41, 5.74) is 1.41. The van der Waals surface area contributed by atoms with Crippen LogP contribution in [0.1, 0.15) is 52.4 Å². The van der Waals surface area contributed by atoms with Crippen molar-refractivity contribution >= 4 is 6.03 Å². The Morgan fingerprint density at radius 3 is 2.68 bits per heavy atom. The van der Waals surface area contributed by atoms with Crippen LogP contribution in [0.15, 0.2) is 6.07 Å². The van der Waals surface area contributed by atoms with Crippen LogP contribution in [0.2, 0.25) is 0 Å². The van der Waals surface area contributed by atoms with Gasteiger partial charge in [0, 0.05) is 18.2 Å². The first kappa shape index (κ1) is 16.8. The van der Waals surface area contributed by atoms with E-state index in [1.54, 1.807) is 0 Å². The fourth-order valence-electron chi connectivity index (χ4n) is 3.15. The summed E-state index contributed by atoms with van der Waals surface area (Å²) in [5, 5.41) is 13.1. The molecule has 1 aliphatic heterocycles. The highest BCUT2D eigenvalue weighted by Gasteiger charge is 2.46. The lowest BCUT2D eigenvalue weighted by molar-refractivity contribution is -0.0690. The highest BCUT2D eigenvalue weighted by Crippen LogP contribution is 2.37. The maximum atomic E-state index is 12.2. The zero-order chi connectivity index (χ0) is 16.5. The van der Waals surface area contributed by atoms with Gasteiger partial charge in [0.25, 0.3) is 0 Å². The van der Waals surface area contributed by atoms with Gasteiger partial charge in [0.1, 0.15) is 0 Å². The molecule has 2 amide bonds. The highest BCUT2D eigenvalue weighted by molar-refractivity contribution is 5.74. The molecule has 1 saturated heterocycles. The largest absolute Gasteiger partial charge is 0.367 e. The van der Waals surface area contributed by atoms with Gasteiger partial charge in [-0.25, -0.2) is 4.79 Å². The zero-order valence-electron chi connectivity index (χ0n) is 14.4. The smallest absolute Gasteiger partial charge is 0.315 e. The van der Waals surface area contributed by atoms with Crippen LogP contribution in [0.5, 0.6) is 0 Å². The van der Waals surface area contributed by atoms with Crippen molar-refractivity contribution in [3.8, 4) is 0 Å². The summed E-state index contributed by atoms with van der Waals surface area (Å²) < 4.78 is 6.00. The van der Waals surface area contributed by atoms with E-state index in [0.29, 0.717) is 6.42 Å². The van der Waals surface area contributed by atoms with Gasteiger partial charge in [0.2, 0.25) is 0 Å². The Balaban J connectivity index is 1.85. The van der Waals surface area contributed by atoms with Crippen molar-refractivity contribution in [3.63, 3.8) is 0 Å². The normalized spacial score (nSPS) is 24.0. The molecule has 0 aliphatic carbocycles. The van der Waals surface area contributed by atoms with Crippen LogP contribution in [0.25, 0.3) is 0 Å². The molecule has 124 valence electrons. The standard InChI is InChI=1S/C16H28N4O2/c1-10(7-12-8-11(2)19-20-12)17-14(21)18-13-9-15(3,4)22-16(13,5)6/h8,10,13H,7,9H2,1-6H3,(H,19,20)(H2,17,18,21)/t10-,13-/m0/s1. The van der Waals surface area contributed by atoms with Gasteiger partial charge in [-0.2, -0.15) is 5.10 Å². The van der Waals surface area contributed by atoms with Crippen LogP contribution in [-0.4, -0.2) is 39.5 Å². The lowest BCUT2D eigenvalue weighted by Crippen LogP contribution is -2.51. The highest BCUT2D eigenvalue weighted by atomic mass is 16.5. The molecule has 6 heteroatoms. The molecule has 3 N–H and O–H groups in total. The number of carbonyl (C=O) groups is 1. The summed E-state index contributed by atoms with van der Waals surface area (Å²) in [4.78, 5) is 12.2. The second-order valence-corrected chi connectivity index (χ2v) is 7.49. The van der Waals surface area contributed by atoms with Crippen molar-refractivity contribution in [1.82, 2.24) is 20.8 Å². The number of ether oxygens (including phenoxy) is 1. The number of amides is 2. The molecular weight excluding hydrogens is 280 g/mol. The second-order valence-electron chi connectivity index (χ2n) is 7.49. The number of H-pyrrole nitrogens is 1.